The number of aliphatic hydroxyl groups is 1. The first-order valence-electron chi connectivity index (χ1n) is 6.78. The van der Waals surface area contributed by atoms with Gasteiger partial charge in [0.1, 0.15) is 5.69 Å². The van der Waals surface area contributed by atoms with Crippen molar-refractivity contribution >= 4 is 17.3 Å². The second kappa shape index (κ2) is 7.58. The van der Waals surface area contributed by atoms with Gasteiger partial charge in [-0.15, -0.1) is 0 Å². The van der Waals surface area contributed by atoms with Crippen LogP contribution < -0.4 is 4.90 Å². The third-order valence-corrected chi connectivity index (χ3v) is 3.03. The van der Waals surface area contributed by atoms with Gasteiger partial charge in [-0.1, -0.05) is 6.92 Å². The van der Waals surface area contributed by atoms with E-state index in [2.05, 4.69) is 0 Å². The number of amides is 1. The predicted octanol–water partition coefficient (Wildman–Crippen LogP) is 1.51. The molecule has 1 amide bonds. The first kappa shape index (κ1) is 16.9. The maximum absolute atomic E-state index is 12.0. The minimum atomic E-state index is -0.473. The van der Waals surface area contributed by atoms with E-state index in [1.54, 1.807) is 19.0 Å². The van der Waals surface area contributed by atoms with Gasteiger partial charge in [0.2, 0.25) is 0 Å². The Morgan fingerprint density at radius 1 is 1.33 bits per heavy atom. The van der Waals surface area contributed by atoms with Crippen molar-refractivity contribution in [2.45, 2.75) is 13.3 Å². The lowest BCUT2D eigenvalue weighted by Crippen LogP contribution is -2.29. The smallest absolute Gasteiger partial charge is 0.292 e. The normalized spacial score (nSPS) is 10.3. The number of nitro groups is 1. The van der Waals surface area contributed by atoms with Gasteiger partial charge in [-0.05, 0) is 18.6 Å². The molecule has 7 nitrogen and oxygen atoms in total. The zero-order valence-corrected chi connectivity index (χ0v) is 12.6. The van der Waals surface area contributed by atoms with Crippen molar-refractivity contribution in [2.75, 3.05) is 38.7 Å². The Bertz CT molecular complexity index is 511. The molecular formula is C14H21N3O4. The van der Waals surface area contributed by atoms with Crippen LogP contribution in [0.2, 0.25) is 0 Å². The number of benzene rings is 1. The third kappa shape index (κ3) is 4.16. The van der Waals surface area contributed by atoms with Crippen LogP contribution in [0.1, 0.15) is 23.7 Å². The SMILES string of the molecule is CCCN(CCO)c1cc(C(=O)N(C)C)ccc1[N+](=O)[O-]. The second-order valence-corrected chi connectivity index (χ2v) is 4.87. The van der Waals surface area contributed by atoms with Gasteiger partial charge in [0, 0.05) is 38.8 Å². The molecule has 0 aliphatic heterocycles. The largest absolute Gasteiger partial charge is 0.395 e. The zero-order valence-electron chi connectivity index (χ0n) is 12.6. The van der Waals surface area contributed by atoms with E-state index in [1.165, 1.54) is 23.1 Å². The molecule has 0 saturated heterocycles. The lowest BCUT2D eigenvalue weighted by molar-refractivity contribution is -0.384. The van der Waals surface area contributed by atoms with E-state index < -0.39 is 4.92 Å². The number of hydrogen-bond acceptors (Lipinski definition) is 5. The van der Waals surface area contributed by atoms with Gasteiger partial charge in [-0.25, -0.2) is 0 Å². The highest BCUT2D eigenvalue weighted by Gasteiger charge is 2.21. The molecule has 0 radical (unpaired) electrons. The molecule has 1 aromatic rings. The molecular weight excluding hydrogens is 274 g/mol. The van der Waals surface area contributed by atoms with Crippen LogP contribution in [0, 0.1) is 10.1 Å². The van der Waals surface area contributed by atoms with Crippen LogP contribution in [0.4, 0.5) is 11.4 Å². The number of hydrogen-bond donors (Lipinski definition) is 1. The number of anilines is 1. The van der Waals surface area contributed by atoms with Crippen LogP contribution in [0.5, 0.6) is 0 Å². The lowest BCUT2D eigenvalue weighted by atomic mass is 10.1. The molecule has 116 valence electrons. The van der Waals surface area contributed by atoms with Crippen molar-refractivity contribution in [3.63, 3.8) is 0 Å². The fourth-order valence-corrected chi connectivity index (χ4v) is 2.07. The average Bonchev–Trinajstić information content (AvgIpc) is 2.45. The molecule has 7 heteroatoms. The van der Waals surface area contributed by atoms with E-state index in [0.717, 1.165) is 6.42 Å². The number of nitro benzene ring substituents is 1. The van der Waals surface area contributed by atoms with Crippen molar-refractivity contribution in [2.24, 2.45) is 0 Å². The Morgan fingerprint density at radius 3 is 2.48 bits per heavy atom. The highest BCUT2D eigenvalue weighted by Crippen LogP contribution is 2.29. The number of nitrogens with zero attached hydrogens (tertiary/aromatic N) is 3. The summed E-state index contributed by atoms with van der Waals surface area (Å²) in [5.74, 6) is -0.216. The van der Waals surface area contributed by atoms with Gasteiger partial charge >= 0.3 is 0 Å². The quantitative estimate of drug-likeness (QED) is 0.608. The second-order valence-electron chi connectivity index (χ2n) is 4.87. The molecule has 0 saturated carbocycles. The van der Waals surface area contributed by atoms with Crippen LogP contribution in [0.15, 0.2) is 18.2 Å². The Balaban J connectivity index is 3.31. The molecule has 0 bridgehead atoms. The molecule has 0 aliphatic rings. The molecule has 21 heavy (non-hydrogen) atoms. The third-order valence-electron chi connectivity index (χ3n) is 3.03. The number of aliphatic hydroxyl groups excluding tert-OH is 1. The van der Waals surface area contributed by atoms with E-state index in [4.69, 9.17) is 5.11 Å². The summed E-state index contributed by atoms with van der Waals surface area (Å²) in [5, 5.41) is 20.3. The first-order valence-corrected chi connectivity index (χ1v) is 6.78. The Labute approximate surface area is 123 Å². The first-order chi connectivity index (χ1) is 9.92. The number of rotatable bonds is 7. The summed E-state index contributed by atoms with van der Waals surface area (Å²) in [6.45, 7) is 2.70. The maximum Gasteiger partial charge on any atom is 0.292 e. The maximum atomic E-state index is 12.0. The van der Waals surface area contributed by atoms with Crippen molar-refractivity contribution in [1.82, 2.24) is 4.90 Å². The summed E-state index contributed by atoms with van der Waals surface area (Å²) in [6, 6.07) is 4.31. The summed E-state index contributed by atoms with van der Waals surface area (Å²) in [4.78, 5) is 25.8. The molecule has 1 rings (SSSR count). The highest BCUT2D eigenvalue weighted by molar-refractivity contribution is 5.95. The molecule has 0 aromatic heterocycles. The Morgan fingerprint density at radius 2 is 2.00 bits per heavy atom. The summed E-state index contributed by atoms with van der Waals surface area (Å²) < 4.78 is 0. The average molecular weight is 295 g/mol. The summed E-state index contributed by atoms with van der Waals surface area (Å²) in [5.41, 5.74) is 0.690. The van der Waals surface area contributed by atoms with Crippen molar-refractivity contribution in [3.8, 4) is 0 Å². The van der Waals surface area contributed by atoms with E-state index in [1.807, 2.05) is 6.92 Å². The number of carbonyl (C=O) groups excluding carboxylic acids is 1. The lowest BCUT2D eigenvalue weighted by Gasteiger charge is -2.23. The Kier molecular flexibility index (Phi) is 6.10. The zero-order chi connectivity index (χ0) is 16.0. The summed E-state index contributed by atoms with van der Waals surface area (Å²) in [6.07, 6.45) is 0.781. The molecule has 0 heterocycles. The van der Waals surface area contributed by atoms with Gasteiger partial charge in [-0.2, -0.15) is 0 Å². The molecule has 1 N–H and O–H groups in total. The van der Waals surface area contributed by atoms with Crippen LogP contribution in [0.3, 0.4) is 0 Å². The van der Waals surface area contributed by atoms with E-state index in [-0.39, 0.29) is 24.7 Å². The highest BCUT2D eigenvalue weighted by atomic mass is 16.6. The van der Waals surface area contributed by atoms with Gasteiger partial charge in [0.25, 0.3) is 11.6 Å². The minimum absolute atomic E-state index is 0.0628. The van der Waals surface area contributed by atoms with Crippen LogP contribution in [-0.4, -0.2) is 54.6 Å². The van der Waals surface area contributed by atoms with E-state index >= 15 is 0 Å². The summed E-state index contributed by atoms with van der Waals surface area (Å²) in [7, 11) is 3.25. The van der Waals surface area contributed by atoms with Crippen LogP contribution >= 0.6 is 0 Å². The van der Waals surface area contributed by atoms with Gasteiger partial charge in [0.05, 0.1) is 11.5 Å². The fourth-order valence-electron chi connectivity index (χ4n) is 2.07. The Hall–Kier alpha value is -2.15. The van der Waals surface area contributed by atoms with Crippen molar-refractivity contribution in [1.29, 1.82) is 0 Å². The van der Waals surface area contributed by atoms with Crippen molar-refractivity contribution < 1.29 is 14.8 Å². The van der Waals surface area contributed by atoms with Gasteiger partial charge in [-0.3, -0.25) is 14.9 Å². The van der Waals surface area contributed by atoms with Gasteiger partial charge < -0.3 is 14.9 Å². The topological polar surface area (TPSA) is 86.9 Å². The molecule has 0 atom stereocenters. The molecule has 1 aromatic carbocycles. The van der Waals surface area contributed by atoms with E-state index in [0.29, 0.717) is 17.8 Å². The van der Waals surface area contributed by atoms with Crippen LogP contribution in [-0.2, 0) is 0 Å². The fraction of sp³-hybridized carbons (Fsp3) is 0.500. The van der Waals surface area contributed by atoms with E-state index in [9.17, 15) is 14.9 Å². The van der Waals surface area contributed by atoms with Gasteiger partial charge in [0.15, 0.2) is 0 Å². The minimum Gasteiger partial charge on any atom is -0.395 e. The molecule has 0 spiro atoms. The molecule has 0 aliphatic carbocycles. The summed E-state index contributed by atoms with van der Waals surface area (Å²) >= 11 is 0. The molecule has 0 fully saturated rings. The predicted molar refractivity (Wildman–Crippen MR) is 80.7 cm³/mol. The number of carbonyl (C=O) groups is 1. The molecule has 0 unspecified atom stereocenters. The van der Waals surface area contributed by atoms with Crippen LogP contribution in [0.25, 0.3) is 0 Å². The van der Waals surface area contributed by atoms with Crippen molar-refractivity contribution in [3.05, 3.63) is 33.9 Å². The monoisotopic (exact) mass is 295 g/mol. The standard InChI is InChI=1S/C14H21N3O4/c1-4-7-16(8-9-18)13-10-11(14(19)15(2)3)5-6-12(13)17(20)21/h5-6,10,18H,4,7-9H2,1-3H3.